The Balaban J connectivity index is 1.73. The van der Waals surface area contributed by atoms with E-state index in [2.05, 4.69) is 25.6 Å². The van der Waals surface area contributed by atoms with E-state index in [0.29, 0.717) is 5.56 Å². The second-order valence-electron chi connectivity index (χ2n) is 6.55. The van der Waals surface area contributed by atoms with Crippen molar-refractivity contribution in [2.24, 2.45) is 0 Å². The van der Waals surface area contributed by atoms with Gasteiger partial charge in [0, 0.05) is 12.1 Å². The molecule has 0 spiro atoms. The number of amides is 1. The monoisotopic (exact) mass is 461 g/mol. The topological polar surface area (TPSA) is 90.5 Å². The average Bonchev–Trinajstić information content (AvgIpc) is 3.42. The SMILES string of the molecule is CCn1nc(C(=O)Nc2cnc(-n3nccn3)c(Cl)c2)c(C(F)(F)F)c1-c1ccccc1. The van der Waals surface area contributed by atoms with Gasteiger partial charge in [-0.3, -0.25) is 9.48 Å². The molecule has 3 aromatic heterocycles. The van der Waals surface area contributed by atoms with Gasteiger partial charge < -0.3 is 5.32 Å². The molecule has 0 fully saturated rings. The summed E-state index contributed by atoms with van der Waals surface area (Å²) in [5.41, 5.74) is -1.64. The van der Waals surface area contributed by atoms with E-state index in [9.17, 15) is 18.0 Å². The van der Waals surface area contributed by atoms with Gasteiger partial charge in [0.25, 0.3) is 5.91 Å². The molecule has 0 radical (unpaired) electrons. The molecule has 12 heteroatoms. The Labute approximate surface area is 184 Å². The lowest BCUT2D eigenvalue weighted by Gasteiger charge is -2.12. The summed E-state index contributed by atoms with van der Waals surface area (Å²) in [5, 5.41) is 14.3. The van der Waals surface area contributed by atoms with Gasteiger partial charge in [0.15, 0.2) is 11.5 Å². The van der Waals surface area contributed by atoms with E-state index in [-0.39, 0.29) is 28.8 Å². The van der Waals surface area contributed by atoms with Crippen LogP contribution in [0.25, 0.3) is 17.1 Å². The molecule has 0 atom stereocenters. The number of alkyl halides is 3. The summed E-state index contributed by atoms with van der Waals surface area (Å²) in [6, 6.07) is 9.33. The van der Waals surface area contributed by atoms with Crippen LogP contribution >= 0.6 is 11.6 Å². The van der Waals surface area contributed by atoms with Crippen molar-refractivity contribution in [2.75, 3.05) is 5.32 Å². The third kappa shape index (κ3) is 4.06. The first kappa shape index (κ1) is 21.5. The number of rotatable bonds is 5. The van der Waals surface area contributed by atoms with Crippen molar-refractivity contribution < 1.29 is 18.0 Å². The van der Waals surface area contributed by atoms with E-state index in [0.717, 1.165) is 4.68 Å². The summed E-state index contributed by atoms with van der Waals surface area (Å²) in [6.07, 6.45) is -0.705. The van der Waals surface area contributed by atoms with Gasteiger partial charge in [0.05, 0.1) is 35.0 Å². The molecule has 0 aliphatic rings. The van der Waals surface area contributed by atoms with Gasteiger partial charge in [0.1, 0.15) is 5.56 Å². The number of carbonyl (C=O) groups excluding carboxylic acids is 1. The number of carbonyl (C=O) groups is 1. The van der Waals surface area contributed by atoms with E-state index in [4.69, 9.17) is 11.6 Å². The summed E-state index contributed by atoms with van der Waals surface area (Å²) in [4.78, 5) is 18.1. The Morgan fingerprint density at radius 1 is 1.16 bits per heavy atom. The molecule has 0 aliphatic carbocycles. The van der Waals surface area contributed by atoms with Gasteiger partial charge in [-0.05, 0) is 13.0 Å². The van der Waals surface area contributed by atoms with Gasteiger partial charge in [-0.15, -0.1) is 4.80 Å². The Bertz CT molecular complexity index is 1250. The molecule has 1 amide bonds. The summed E-state index contributed by atoms with van der Waals surface area (Å²) in [7, 11) is 0. The highest BCUT2D eigenvalue weighted by Crippen LogP contribution is 2.40. The van der Waals surface area contributed by atoms with Crippen LogP contribution in [0.2, 0.25) is 5.02 Å². The molecule has 32 heavy (non-hydrogen) atoms. The molecule has 8 nitrogen and oxygen atoms in total. The lowest BCUT2D eigenvalue weighted by molar-refractivity contribution is -0.137. The Morgan fingerprint density at radius 2 is 1.84 bits per heavy atom. The highest BCUT2D eigenvalue weighted by atomic mass is 35.5. The van der Waals surface area contributed by atoms with Gasteiger partial charge in [-0.25, -0.2) is 4.98 Å². The van der Waals surface area contributed by atoms with Crippen LogP contribution in [0.3, 0.4) is 0 Å². The number of pyridine rings is 1. The molecule has 0 saturated carbocycles. The first-order valence-electron chi connectivity index (χ1n) is 9.36. The van der Waals surface area contributed by atoms with Crippen LogP contribution in [0.1, 0.15) is 23.0 Å². The zero-order chi connectivity index (χ0) is 22.9. The van der Waals surface area contributed by atoms with Crippen LogP contribution < -0.4 is 5.32 Å². The third-order valence-electron chi connectivity index (χ3n) is 4.49. The summed E-state index contributed by atoms with van der Waals surface area (Å²) >= 11 is 6.17. The molecular formula is C20H15ClF3N7O. The van der Waals surface area contributed by atoms with Crippen molar-refractivity contribution >= 4 is 23.2 Å². The molecule has 0 saturated heterocycles. The van der Waals surface area contributed by atoms with Gasteiger partial charge in [0.2, 0.25) is 0 Å². The minimum absolute atomic E-state index is 0.0938. The molecule has 0 bridgehead atoms. The number of aromatic nitrogens is 6. The maximum atomic E-state index is 14.0. The molecule has 0 aliphatic heterocycles. The summed E-state index contributed by atoms with van der Waals surface area (Å²) in [5.74, 6) is -0.836. The number of benzene rings is 1. The predicted octanol–water partition coefficient (Wildman–Crippen LogP) is 4.47. The van der Waals surface area contributed by atoms with Crippen molar-refractivity contribution in [3.05, 3.63) is 71.3 Å². The minimum Gasteiger partial charge on any atom is -0.319 e. The van der Waals surface area contributed by atoms with Gasteiger partial charge >= 0.3 is 6.18 Å². The number of nitrogens with zero attached hydrogens (tertiary/aromatic N) is 6. The van der Waals surface area contributed by atoms with Crippen LogP contribution in [0.5, 0.6) is 0 Å². The Hall–Kier alpha value is -3.73. The molecule has 0 unspecified atom stereocenters. The van der Waals surface area contributed by atoms with Crippen LogP contribution in [0, 0.1) is 0 Å². The molecule has 4 aromatic rings. The average molecular weight is 462 g/mol. The maximum Gasteiger partial charge on any atom is 0.420 e. The predicted molar refractivity (Wildman–Crippen MR) is 110 cm³/mol. The second-order valence-corrected chi connectivity index (χ2v) is 6.96. The lowest BCUT2D eigenvalue weighted by atomic mass is 10.0. The quantitative estimate of drug-likeness (QED) is 0.473. The van der Waals surface area contributed by atoms with Crippen LogP contribution in [-0.2, 0) is 12.7 Å². The molecule has 3 heterocycles. The van der Waals surface area contributed by atoms with E-state index in [1.54, 1.807) is 25.1 Å². The third-order valence-corrected chi connectivity index (χ3v) is 4.76. The lowest BCUT2D eigenvalue weighted by Crippen LogP contribution is -2.19. The molecule has 164 valence electrons. The molecule has 1 N–H and O–H groups in total. The second kappa shape index (κ2) is 8.42. The van der Waals surface area contributed by atoms with Crippen molar-refractivity contribution in [1.82, 2.24) is 29.8 Å². The number of hydrogen-bond donors (Lipinski definition) is 1. The number of anilines is 1. The molecule has 1 aromatic carbocycles. The number of halogens is 4. The van der Waals surface area contributed by atoms with Crippen LogP contribution in [0.15, 0.2) is 55.0 Å². The largest absolute Gasteiger partial charge is 0.420 e. The summed E-state index contributed by atoms with van der Waals surface area (Å²) < 4.78 is 43.3. The number of nitrogens with one attached hydrogen (secondary N) is 1. The normalized spacial score (nSPS) is 11.5. The van der Waals surface area contributed by atoms with Crippen LogP contribution in [-0.4, -0.2) is 35.7 Å². The van der Waals surface area contributed by atoms with Gasteiger partial charge in [-0.2, -0.15) is 28.5 Å². The fraction of sp³-hybridized carbons (Fsp3) is 0.150. The fourth-order valence-electron chi connectivity index (χ4n) is 3.17. The first-order chi connectivity index (χ1) is 15.3. The zero-order valence-corrected chi connectivity index (χ0v) is 17.3. The van der Waals surface area contributed by atoms with E-state index in [1.807, 2.05) is 0 Å². The number of hydrogen-bond acceptors (Lipinski definition) is 5. The van der Waals surface area contributed by atoms with Gasteiger partial charge in [-0.1, -0.05) is 41.9 Å². The Morgan fingerprint density at radius 3 is 2.44 bits per heavy atom. The maximum absolute atomic E-state index is 14.0. The fourth-order valence-corrected chi connectivity index (χ4v) is 3.41. The smallest absolute Gasteiger partial charge is 0.319 e. The molecule has 4 rings (SSSR count). The minimum atomic E-state index is -4.81. The van der Waals surface area contributed by atoms with E-state index in [1.165, 1.54) is 41.6 Å². The van der Waals surface area contributed by atoms with Crippen molar-refractivity contribution in [3.8, 4) is 17.1 Å². The summed E-state index contributed by atoms with van der Waals surface area (Å²) in [6.45, 7) is 1.78. The highest BCUT2D eigenvalue weighted by molar-refractivity contribution is 6.32. The van der Waals surface area contributed by atoms with Crippen molar-refractivity contribution in [2.45, 2.75) is 19.6 Å². The Kier molecular flexibility index (Phi) is 5.66. The van der Waals surface area contributed by atoms with Crippen LogP contribution in [0.4, 0.5) is 18.9 Å². The van der Waals surface area contributed by atoms with E-state index >= 15 is 0 Å². The zero-order valence-electron chi connectivity index (χ0n) is 16.5. The first-order valence-corrected chi connectivity index (χ1v) is 9.74. The van der Waals surface area contributed by atoms with Crippen molar-refractivity contribution in [1.29, 1.82) is 0 Å². The number of aryl methyl sites for hydroxylation is 1. The van der Waals surface area contributed by atoms with Crippen molar-refractivity contribution in [3.63, 3.8) is 0 Å². The molecular weight excluding hydrogens is 447 g/mol. The standard InChI is InChI=1S/C20H15ClF3N7O/c1-2-30-17(12-6-4-3-5-7-12)15(20(22,23)24)16(29-30)19(32)28-13-10-14(21)18(25-11-13)31-26-8-9-27-31/h3-11H,2H2,1H3,(H,28,32). The highest BCUT2D eigenvalue weighted by Gasteiger charge is 2.42. The van der Waals surface area contributed by atoms with E-state index < -0.39 is 23.3 Å².